The Kier molecular flexibility index (Phi) is 5.35. The number of hydrogen-bond acceptors (Lipinski definition) is 5. The summed E-state index contributed by atoms with van der Waals surface area (Å²) in [6.45, 7) is 6.06. The second kappa shape index (κ2) is 7.66. The number of nitrogens with one attached hydrogen (secondary N) is 1. The van der Waals surface area contributed by atoms with Crippen LogP contribution < -0.4 is 14.8 Å². The molecule has 1 N–H and O–H groups in total. The third-order valence-electron chi connectivity index (χ3n) is 4.24. The van der Waals surface area contributed by atoms with Gasteiger partial charge in [-0.15, -0.1) is 0 Å². The van der Waals surface area contributed by atoms with Crippen molar-refractivity contribution in [2.75, 3.05) is 39.6 Å². The highest BCUT2D eigenvalue weighted by molar-refractivity contribution is 5.75. The molecule has 0 aromatic heterocycles. The van der Waals surface area contributed by atoms with Crippen LogP contribution >= 0.6 is 0 Å². The molecule has 2 heterocycles. The number of morpholine rings is 1. The Labute approximate surface area is 136 Å². The Balaban J connectivity index is 1.75. The molecule has 0 spiro atoms. The normalized spacial score (nSPS) is 18.7. The first kappa shape index (κ1) is 16.1. The van der Waals surface area contributed by atoms with Crippen molar-refractivity contribution in [3.8, 4) is 11.5 Å². The number of rotatable bonds is 6. The lowest BCUT2D eigenvalue weighted by Gasteiger charge is -2.35. The van der Waals surface area contributed by atoms with Gasteiger partial charge < -0.3 is 19.5 Å². The van der Waals surface area contributed by atoms with Gasteiger partial charge in [0.25, 0.3) is 0 Å². The van der Waals surface area contributed by atoms with E-state index in [1.807, 2.05) is 19.1 Å². The quantitative estimate of drug-likeness (QED) is 0.864. The van der Waals surface area contributed by atoms with Crippen molar-refractivity contribution >= 4 is 5.91 Å². The van der Waals surface area contributed by atoms with Crippen LogP contribution in [0, 0.1) is 0 Å². The molecule has 1 amide bonds. The van der Waals surface area contributed by atoms with Crippen molar-refractivity contribution in [2.24, 2.45) is 0 Å². The summed E-state index contributed by atoms with van der Waals surface area (Å²) in [5, 5.41) is 3.05. The number of carbonyl (C=O) groups is 1. The van der Waals surface area contributed by atoms with Gasteiger partial charge >= 0.3 is 0 Å². The summed E-state index contributed by atoms with van der Waals surface area (Å²) in [7, 11) is 0. The molecule has 1 fully saturated rings. The van der Waals surface area contributed by atoms with E-state index in [1.165, 1.54) is 0 Å². The van der Waals surface area contributed by atoms with Crippen LogP contribution in [-0.2, 0) is 9.53 Å². The fourth-order valence-electron chi connectivity index (χ4n) is 2.99. The predicted octanol–water partition coefficient (Wildman–Crippen LogP) is 1.70. The van der Waals surface area contributed by atoms with Crippen molar-refractivity contribution in [2.45, 2.75) is 25.8 Å². The van der Waals surface area contributed by atoms with Gasteiger partial charge in [0.2, 0.25) is 12.7 Å². The average Bonchev–Trinajstić information content (AvgIpc) is 3.04. The number of carbonyl (C=O) groups excluding carboxylic acids is 1. The molecule has 0 saturated carbocycles. The maximum atomic E-state index is 11.8. The predicted molar refractivity (Wildman–Crippen MR) is 85.6 cm³/mol. The standard InChI is InChI=1S/C17H24N2O4/c1-2-3-17(20)18-11-14(19-6-8-21-9-7-19)13-4-5-15-16(10-13)23-12-22-15/h4-5,10,14H,2-3,6-9,11-12H2,1H3,(H,18,20)/t14-/m0/s1. The van der Waals surface area contributed by atoms with Crippen molar-refractivity contribution in [1.29, 1.82) is 0 Å². The van der Waals surface area contributed by atoms with Gasteiger partial charge in [0.15, 0.2) is 11.5 Å². The number of benzene rings is 1. The van der Waals surface area contributed by atoms with E-state index in [2.05, 4.69) is 16.3 Å². The summed E-state index contributed by atoms with van der Waals surface area (Å²) in [6.07, 6.45) is 1.43. The topological polar surface area (TPSA) is 60.0 Å². The van der Waals surface area contributed by atoms with Gasteiger partial charge in [-0.05, 0) is 24.1 Å². The van der Waals surface area contributed by atoms with Gasteiger partial charge in [-0.3, -0.25) is 9.69 Å². The Bertz CT molecular complexity index is 543. The van der Waals surface area contributed by atoms with Crippen molar-refractivity contribution in [3.63, 3.8) is 0 Å². The van der Waals surface area contributed by atoms with Gasteiger partial charge in [-0.2, -0.15) is 0 Å². The third kappa shape index (κ3) is 3.95. The molecule has 0 radical (unpaired) electrons. The summed E-state index contributed by atoms with van der Waals surface area (Å²) in [4.78, 5) is 14.2. The summed E-state index contributed by atoms with van der Waals surface area (Å²) in [6, 6.07) is 6.14. The van der Waals surface area contributed by atoms with Gasteiger partial charge in [0, 0.05) is 26.1 Å². The average molecular weight is 320 g/mol. The van der Waals surface area contributed by atoms with Gasteiger partial charge in [-0.1, -0.05) is 13.0 Å². The number of amides is 1. The molecular weight excluding hydrogens is 296 g/mol. The second-order valence-electron chi connectivity index (χ2n) is 5.83. The zero-order valence-corrected chi connectivity index (χ0v) is 13.5. The van der Waals surface area contributed by atoms with Gasteiger partial charge in [-0.25, -0.2) is 0 Å². The third-order valence-corrected chi connectivity index (χ3v) is 4.24. The highest BCUT2D eigenvalue weighted by atomic mass is 16.7. The molecule has 1 aromatic rings. The highest BCUT2D eigenvalue weighted by Gasteiger charge is 2.25. The molecule has 3 rings (SSSR count). The van der Waals surface area contributed by atoms with Crippen LogP contribution in [0.1, 0.15) is 31.4 Å². The zero-order valence-electron chi connectivity index (χ0n) is 13.5. The molecule has 23 heavy (non-hydrogen) atoms. The fourth-order valence-corrected chi connectivity index (χ4v) is 2.99. The van der Waals surface area contributed by atoms with E-state index in [-0.39, 0.29) is 18.7 Å². The number of hydrogen-bond donors (Lipinski definition) is 1. The Morgan fingerprint density at radius 2 is 2.04 bits per heavy atom. The number of fused-ring (bicyclic) bond motifs is 1. The zero-order chi connectivity index (χ0) is 16.1. The SMILES string of the molecule is CCCC(=O)NC[C@@H](c1ccc2c(c1)OCO2)N1CCOCC1. The minimum absolute atomic E-state index is 0.103. The smallest absolute Gasteiger partial charge is 0.231 e. The Hall–Kier alpha value is -1.79. The van der Waals surface area contributed by atoms with Gasteiger partial charge in [0.05, 0.1) is 19.3 Å². The molecule has 0 unspecified atom stereocenters. The number of ether oxygens (including phenoxy) is 3. The molecule has 1 aromatic carbocycles. The van der Waals surface area contributed by atoms with E-state index in [1.54, 1.807) is 0 Å². The first-order valence-electron chi connectivity index (χ1n) is 8.26. The lowest BCUT2D eigenvalue weighted by atomic mass is 10.0. The van der Waals surface area contributed by atoms with E-state index in [4.69, 9.17) is 14.2 Å². The Morgan fingerprint density at radius 1 is 1.26 bits per heavy atom. The molecule has 0 bridgehead atoms. The van der Waals surface area contributed by atoms with E-state index in [0.717, 1.165) is 49.8 Å². The molecule has 2 aliphatic heterocycles. The van der Waals surface area contributed by atoms with Crippen molar-refractivity contribution < 1.29 is 19.0 Å². The fraction of sp³-hybridized carbons (Fsp3) is 0.588. The van der Waals surface area contributed by atoms with Crippen molar-refractivity contribution in [1.82, 2.24) is 10.2 Å². The molecule has 2 aliphatic rings. The van der Waals surface area contributed by atoms with E-state index < -0.39 is 0 Å². The molecule has 126 valence electrons. The molecule has 0 aliphatic carbocycles. The summed E-state index contributed by atoms with van der Waals surface area (Å²) >= 11 is 0. The van der Waals surface area contributed by atoms with Crippen LogP contribution in [0.4, 0.5) is 0 Å². The Morgan fingerprint density at radius 3 is 2.83 bits per heavy atom. The van der Waals surface area contributed by atoms with E-state index >= 15 is 0 Å². The van der Waals surface area contributed by atoms with Crippen LogP contribution in [0.5, 0.6) is 11.5 Å². The first-order valence-corrected chi connectivity index (χ1v) is 8.26. The summed E-state index contributed by atoms with van der Waals surface area (Å²) in [5.74, 6) is 1.66. The second-order valence-corrected chi connectivity index (χ2v) is 5.83. The molecule has 1 atom stereocenters. The van der Waals surface area contributed by atoms with E-state index in [9.17, 15) is 4.79 Å². The maximum absolute atomic E-state index is 11.8. The molecule has 6 nitrogen and oxygen atoms in total. The molecule has 6 heteroatoms. The van der Waals surface area contributed by atoms with Crippen LogP contribution in [0.25, 0.3) is 0 Å². The van der Waals surface area contributed by atoms with Crippen LogP contribution in [0.2, 0.25) is 0 Å². The minimum atomic E-state index is 0.103. The summed E-state index contributed by atoms with van der Waals surface area (Å²) in [5.41, 5.74) is 1.13. The van der Waals surface area contributed by atoms with Crippen LogP contribution in [0.3, 0.4) is 0 Å². The molecule has 1 saturated heterocycles. The highest BCUT2D eigenvalue weighted by Crippen LogP contribution is 2.35. The van der Waals surface area contributed by atoms with Crippen molar-refractivity contribution in [3.05, 3.63) is 23.8 Å². The summed E-state index contributed by atoms with van der Waals surface area (Å²) < 4.78 is 16.3. The molecular formula is C17H24N2O4. The van der Waals surface area contributed by atoms with E-state index in [0.29, 0.717) is 13.0 Å². The maximum Gasteiger partial charge on any atom is 0.231 e. The largest absolute Gasteiger partial charge is 0.454 e. The lowest BCUT2D eigenvalue weighted by Crippen LogP contribution is -2.43. The van der Waals surface area contributed by atoms with Gasteiger partial charge in [0.1, 0.15) is 0 Å². The van der Waals surface area contributed by atoms with Crippen LogP contribution in [0.15, 0.2) is 18.2 Å². The number of nitrogens with zero attached hydrogens (tertiary/aromatic N) is 1. The van der Waals surface area contributed by atoms with Crippen LogP contribution in [-0.4, -0.2) is 50.4 Å². The minimum Gasteiger partial charge on any atom is -0.454 e. The first-order chi connectivity index (χ1) is 11.3. The lowest BCUT2D eigenvalue weighted by molar-refractivity contribution is -0.121. The monoisotopic (exact) mass is 320 g/mol.